The third-order valence-electron chi connectivity index (χ3n) is 2.73. The third kappa shape index (κ3) is 1.61. The molecule has 0 spiro atoms. The summed E-state index contributed by atoms with van der Waals surface area (Å²) in [7, 11) is 0. The minimum Gasteiger partial charge on any atom is -0.396 e. The van der Waals surface area contributed by atoms with Crippen molar-refractivity contribution in [2.75, 3.05) is 19.7 Å². The summed E-state index contributed by atoms with van der Waals surface area (Å²) in [5, 5.41) is 8.87. The van der Waals surface area contributed by atoms with Gasteiger partial charge in [0.1, 0.15) is 0 Å². The highest BCUT2D eigenvalue weighted by Gasteiger charge is 2.33. The Morgan fingerprint density at radius 2 is 2.17 bits per heavy atom. The number of aliphatic hydroxyl groups is 1. The van der Waals surface area contributed by atoms with E-state index < -0.39 is 0 Å². The van der Waals surface area contributed by atoms with E-state index in [2.05, 4.69) is 0 Å². The van der Waals surface area contributed by atoms with Gasteiger partial charge in [0.15, 0.2) is 0 Å². The van der Waals surface area contributed by atoms with Crippen LogP contribution in [-0.4, -0.2) is 35.6 Å². The molecule has 0 bridgehead atoms. The lowest BCUT2D eigenvalue weighted by molar-refractivity contribution is -0.127. The molecule has 1 unspecified atom stereocenters. The summed E-state index contributed by atoms with van der Waals surface area (Å²) in [6, 6.07) is 0. The monoisotopic (exact) mass is 169 g/mol. The minimum absolute atomic E-state index is 0.160. The summed E-state index contributed by atoms with van der Waals surface area (Å²) < 4.78 is 0. The molecule has 2 aliphatic rings. The highest BCUT2D eigenvalue weighted by molar-refractivity contribution is 5.78. The van der Waals surface area contributed by atoms with Gasteiger partial charge in [0.2, 0.25) is 5.91 Å². The molecule has 68 valence electrons. The van der Waals surface area contributed by atoms with Crippen molar-refractivity contribution in [3.05, 3.63) is 0 Å². The van der Waals surface area contributed by atoms with E-state index in [4.69, 9.17) is 5.11 Å². The molecule has 1 aliphatic heterocycles. The zero-order valence-electron chi connectivity index (χ0n) is 7.20. The van der Waals surface area contributed by atoms with E-state index >= 15 is 0 Å². The van der Waals surface area contributed by atoms with Crippen LogP contribution >= 0.6 is 0 Å². The van der Waals surface area contributed by atoms with Gasteiger partial charge in [0, 0.05) is 32.0 Å². The number of hydrogen-bond acceptors (Lipinski definition) is 2. The van der Waals surface area contributed by atoms with E-state index in [1.807, 2.05) is 4.90 Å². The van der Waals surface area contributed by atoms with Crippen molar-refractivity contribution in [2.24, 2.45) is 11.8 Å². The average molecular weight is 169 g/mol. The fourth-order valence-corrected chi connectivity index (χ4v) is 1.76. The summed E-state index contributed by atoms with van der Waals surface area (Å²) in [5.41, 5.74) is 0. The smallest absolute Gasteiger partial charge is 0.223 e. The molecule has 1 saturated heterocycles. The maximum atomic E-state index is 11.3. The molecular formula is C9H15NO2. The first kappa shape index (κ1) is 8.05. The summed E-state index contributed by atoms with van der Waals surface area (Å²) in [5.74, 6) is 1.21. The van der Waals surface area contributed by atoms with Gasteiger partial charge in [-0.3, -0.25) is 4.79 Å². The number of nitrogens with zero attached hydrogens (tertiary/aromatic N) is 1. The number of likely N-dealkylation sites (tertiary alicyclic amines) is 1. The number of rotatable bonds is 3. The van der Waals surface area contributed by atoms with Gasteiger partial charge < -0.3 is 10.0 Å². The number of amides is 1. The molecule has 0 aromatic carbocycles. The zero-order chi connectivity index (χ0) is 8.55. The van der Waals surface area contributed by atoms with Gasteiger partial charge in [0.25, 0.3) is 0 Å². The molecule has 1 atom stereocenters. The van der Waals surface area contributed by atoms with Crippen LogP contribution in [0.4, 0.5) is 0 Å². The lowest BCUT2D eigenvalue weighted by Crippen LogP contribution is -2.27. The lowest BCUT2D eigenvalue weighted by Gasteiger charge is -2.15. The molecule has 2 rings (SSSR count). The maximum Gasteiger partial charge on any atom is 0.223 e. The Kier molecular flexibility index (Phi) is 2.05. The second-order valence-corrected chi connectivity index (χ2v) is 3.99. The SMILES string of the molecule is O=C1CC(CO)CN1CC1CC1. The number of hydrogen-bond donors (Lipinski definition) is 1. The zero-order valence-corrected chi connectivity index (χ0v) is 7.20. The van der Waals surface area contributed by atoms with Crippen LogP contribution in [0.5, 0.6) is 0 Å². The van der Waals surface area contributed by atoms with Crippen LogP contribution in [0.2, 0.25) is 0 Å². The first-order valence-corrected chi connectivity index (χ1v) is 4.68. The predicted octanol–water partition coefficient (Wildman–Crippen LogP) is 0.237. The molecular weight excluding hydrogens is 154 g/mol. The number of carbonyl (C=O) groups excluding carboxylic acids is 1. The topological polar surface area (TPSA) is 40.5 Å². The van der Waals surface area contributed by atoms with Gasteiger partial charge in [-0.25, -0.2) is 0 Å². The molecule has 1 amide bonds. The summed E-state index contributed by atoms with van der Waals surface area (Å²) in [6.07, 6.45) is 3.13. The van der Waals surface area contributed by atoms with Crippen molar-refractivity contribution in [3.63, 3.8) is 0 Å². The largest absolute Gasteiger partial charge is 0.396 e. The Morgan fingerprint density at radius 3 is 2.67 bits per heavy atom. The summed E-state index contributed by atoms with van der Waals surface area (Å²) in [6.45, 7) is 1.88. The highest BCUT2D eigenvalue weighted by atomic mass is 16.3. The maximum absolute atomic E-state index is 11.3. The van der Waals surface area contributed by atoms with Crippen molar-refractivity contribution in [1.29, 1.82) is 0 Å². The highest BCUT2D eigenvalue weighted by Crippen LogP contribution is 2.31. The van der Waals surface area contributed by atoms with E-state index in [1.165, 1.54) is 12.8 Å². The molecule has 1 aliphatic carbocycles. The van der Waals surface area contributed by atoms with Crippen molar-refractivity contribution in [2.45, 2.75) is 19.3 Å². The van der Waals surface area contributed by atoms with Crippen LogP contribution in [0, 0.1) is 11.8 Å². The molecule has 12 heavy (non-hydrogen) atoms. The molecule has 1 heterocycles. The van der Waals surface area contributed by atoms with Gasteiger partial charge in [-0.2, -0.15) is 0 Å². The molecule has 3 heteroatoms. The van der Waals surface area contributed by atoms with E-state index in [9.17, 15) is 4.79 Å². The Hall–Kier alpha value is -0.570. The average Bonchev–Trinajstić information content (AvgIpc) is 2.78. The van der Waals surface area contributed by atoms with Gasteiger partial charge >= 0.3 is 0 Å². The van der Waals surface area contributed by atoms with Crippen molar-refractivity contribution >= 4 is 5.91 Å². The second-order valence-electron chi connectivity index (χ2n) is 3.99. The summed E-state index contributed by atoms with van der Waals surface area (Å²) >= 11 is 0. The Labute approximate surface area is 72.4 Å². The molecule has 3 nitrogen and oxygen atoms in total. The Balaban J connectivity index is 1.84. The van der Waals surface area contributed by atoms with E-state index in [0.717, 1.165) is 19.0 Å². The first-order valence-electron chi connectivity index (χ1n) is 4.68. The van der Waals surface area contributed by atoms with E-state index in [0.29, 0.717) is 6.42 Å². The van der Waals surface area contributed by atoms with Gasteiger partial charge in [-0.15, -0.1) is 0 Å². The first-order chi connectivity index (χ1) is 5.79. The molecule has 0 radical (unpaired) electrons. The molecule has 0 aromatic rings. The fraction of sp³-hybridized carbons (Fsp3) is 0.889. The van der Waals surface area contributed by atoms with Gasteiger partial charge in [-0.05, 0) is 18.8 Å². The quantitative estimate of drug-likeness (QED) is 0.657. The standard InChI is InChI=1S/C9H15NO2/c11-6-8-3-9(12)10(5-8)4-7-1-2-7/h7-8,11H,1-6H2. The normalized spacial score (nSPS) is 29.9. The molecule has 1 saturated carbocycles. The van der Waals surface area contributed by atoms with Crippen molar-refractivity contribution in [3.8, 4) is 0 Å². The molecule has 0 aromatic heterocycles. The summed E-state index contributed by atoms with van der Waals surface area (Å²) in [4.78, 5) is 13.2. The van der Waals surface area contributed by atoms with Gasteiger partial charge in [0.05, 0.1) is 0 Å². The van der Waals surface area contributed by atoms with Crippen molar-refractivity contribution < 1.29 is 9.90 Å². The van der Waals surface area contributed by atoms with Gasteiger partial charge in [-0.1, -0.05) is 0 Å². The van der Waals surface area contributed by atoms with Crippen molar-refractivity contribution in [1.82, 2.24) is 4.90 Å². The second kappa shape index (κ2) is 3.05. The Bertz CT molecular complexity index is 189. The minimum atomic E-state index is 0.160. The number of carbonyl (C=O) groups is 1. The molecule has 2 fully saturated rings. The third-order valence-corrected chi connectivity index (χ3v) is 2.73. The van der Waals surface area contributed by atoms with Crippen LogP contribution in [0.25, 0.3) is 0 Å². The fourth-order valence-electron chi connectivity index (χ4n) is 1.76. The molecule has 1 N–H and O–H groups in total. The van der Waals surface area contributed by atoms with E-state index in [1.54, 1.807) is 0 Å². The van der Waals surface area contributed by atoms with E-state index in [-0.39, 0.29) is 18.4 Å². The Morgan fingerprint density at radius 1 is 1.42 bits per heavy atom. The number of aliphatic hydroxyl groups excluding tert-OH is 1. The van der Waals surface area contributed by atoms with Crippen LogP contribution < -0.4 is 0 Å². The van der Waals surface area contributed by atoms with Crippen LogP contribution in [-0.2, 0) is 4.79 Å². The predicted molar refractivity (Wildman–Crippen MR) is 44.5 cm³/mol. The van der Waals surface area contributed by atoms with Crippen LogP contribution in [0.1, 0.15) is 19.3 Å². The van der Waals surface area contributed by atoms with Crippen LogP contribution in [0.3, 0.4) is 0 Å². The lowest BCUT2D eigenvalue weighted by atomic mass is 10.1. The van der Waals surface area contributed by atoms with Crippen LogP contribution in [0.15, 0.2) is 0 Å².